The molecule has 2 aromatic heterocycles. The zero-order chi connectivity index (χ0) is 36.3. The molecule has 0 amide bonds. The molecule has 0 aliphatic carbocycles. The van der Waals surface area contributed by atoms with Crippen LogP contribution in [-0.2, 0) is 0 Å². The molecule has 2 heterocycles. The van der Waals surface area contributed by atoms with Crippen LogP contribution in [0.3, 0.4) is 0 Å². The molecule has 0 radical (unpaired) electrons. The summed E-state index contributed by atoms with van der Waals surface area (Å²) in [6, 6.07) is 65.7. The van der Waals surface area contributed by atoms with E-state index in [1.807, 2.05) is 30.3 Å². The number of fused-ring (bicyclic) bond motifs is 6. The third-order valence-electron chi connectivity index (χ3n) is 10.7. The van der Waals surface area contributed by atoms with E-state index in [4.69, 9.17) is 19.4 Å². The molecule has 0 saturated heterocycles. The highest BCUT2D eigenvalue weighted by Gasteiger charge is 2.25. The molecule has 0 aliphatic rings. The van der Waals surface area contributed by atoms with Gasteiger partial charge in [-0.05, 0) is 73.3 Å². The van der Waals surface area contributed by atoms with Crippen molar-refractivity contribution in [3.8, 4) is 56.4 Å². The van der Waals surface area contributed by atoms with Gasteiger partial charge in [0.2, 0.25) is 0 Å². The predicted octanol–water partition coefficient (Wildman–Crippen LogP) is 13.6. The van der Waals surface area contributed by atoms with Crippen molar-refractivity contribution in [2.24, 2.45) is 0 Å². The third kappa shape index (κ3) is 5.26. The lowest BCUT2D eigenvalue weighted by molar-refractivity contribution is 0.670. The lowest BCUT2D eigenvalue weighted by atomic mass is 9.89. The van der Waals surface area contributed by atoms with E-state index in [1.54, 1.807) is 0 Å². The Hall–Kier alpha value is -7.43. The van der Waals surface area contributed by atoms with Crippen molar-refractivity contribution in [2.75, 3.05) is 0 Å². The SMILES string of the molecule is c1ccc(-c2ccc3cc(-c4c5ccccc5c(-c5nc(-c6ccccc6)nc(-c6ccc7ccccc7c6)n5)c5c4oc4ccccc45)ccc3c2)cc1. The molecule has 0 aliphatic heterocycles. The van der Waals surface area contributed by atoms with Gasteiger partial charge in [-0.15, -0.1) is 0 Å². The number of hydrogen-bond acceptors (Lipinski definition) is 4. The van der Waals surface area contributed by atoms with Gasteiger partial charge in [-0.25, -0.2) is 15.0 Å². The third-order valence-corrected chi connectivity index (χ3v) is 10.7. The molecule has 0 spiro atoms. The number of furan rings is 1. The van der Waals surface area contributed by atoms with Crippen molar-refractivity contribution in [2.45, 2.75) is 0 Å². The summed E-state index contributed by atoms with van der Waals surface area (Å²) in [5.41, 5.74) is 8.95. The summed E-state index contributed by atoms with van der Waals surface area (Å²) in [6.07, 6.45) is 0. The van der Waals surface area contributed by atoms with Crippen LogP contribution >= 0.6 is 0 Å². The van der Waals surface area contributed by atoms with Crippen LogP contribution in [0, 0.1) is 0 Å². The largest absolute Gasteiger partial charge is 0.455 e. The number of hydrogen-bond donors (Lipinski definition) is 0. The Morgan fingerprint density at radius 2 is 0.800 bits per heavy atom. The maximum absolute atomic E-state index is 6.90. The maximum atomic E-state index is 6.90. The summed E-state index contributed by atoms with van der Waals surface area (Å²) in [5.74, 6) is 1.84. The highest BCUT2D eigenvalue weighted by Crippen LogP contribution is 2.47. The number of para-hydroxylation sites is 1. The lowest BCUT2D eigenvalue weighted by Crippen LogP contribution is -2.01. The molecule has 0 unspecified atom stereocenters. The highest BCUT2D eigenvalue weighted by atomic mass is 16.3. The minimum absolute atomic E-state index is 0.600. The molecule has 9 aromatic carbocycles. The molecule has 0 bridgehead atoms. The topological polar surface area (TPSA) is 51.8 Å². The van der Waals surface area contributed by atoms with E-state index in [9.17, 15) is 0 Å². The Kier molecular flexibility index (Phi) is 7.14. The van der Waals surface area contributed by atoms with Crippen LogP contribution in [0.4, 0.5) is 0 Å². The maximum Gasteiger partial charge on any atom is 0.165 e. The lowest BCUT2D eigenvalue weighted by Gasteiger charge is -2.15. The normalized spacial score (nSPS) is 11.6. The van der Waals surface area contributed by atoms with E-state index in [0.717, 1.165) is 65.9 Å². The van der Waals surface area contributed by atoms with Crippen molar-refractivity contribution >= 4 is 54.3 Å². The minimum atomic E-state index is 0.600. The fourth-order valence-corrected chi connectivity index (χ4v) is 8.04. The summed E-state index contributed by atoms with van der Waals surface area (Å²) < 4.78 is 6.90. The molecule has 55 heavy (non-hydrogen) atoms. The van der Waals surface area contributed by atoms with Crippen molar-refractivity contribution in [1.29, 1.82) is 0 Å². The quantitative estimate of drug-likeness (QED) is 0.179. The molecular weight excluding hydrogens is 671 g/mol. The van der Waals surface area contributed by atoms with E-state index in [-0.39, 0.29) is 0 Å². The van der Waals surface area contributed by atoms with E-state index in [1.165, 1.54) is 27.3 Å². The first-order valence-electron chi connectivity index (χ1n) is 18.5. The fraction of sp³-hybridized carbons (Fsp3) is 0. The van der Waals surface area contributed by atoms with Gasteiger partial charge in [-0.3, -0.25) is 0 Å². The first-order chi connectivity index (χ1) is 27.2. The van der Waals surface area contributed by atoms with Crippen LogP contribution in [-0.4, -0.2) is 15.0 Å². The Morgan fingerprint density at radius 3 is 1.56 bits per heavy atom. The molecule has 4 heteroatoms. The summed E-state index contributed by atoms with van der Waals surface area (Å²) in [4.78, 5) is 15.7. The first-order valence-corrected chi connectivity index (χ1v) is 18.5. The van der Waals surface area contributed by atoms with Crippen LogP contribution in [0.5, 0.6) is 0 Å². The van der Waals surface area contributed by atoms with E-state index in [0.29, 0.717) is 17.5 Å². The van der Waals surface area contributed by atoms with Crippen molar-refractivity contribution in [3.63, 3.8) is 0 Å². The summed E-state index contributed by atoms with van der Waals surface area (Å²) in [7, 11) is 0. The summed E-state index contributed by atoms with van der Waals surface area (Å²) in [5, 5.41) is 8.77. The number of aromatic nitrogens is 3. The second-order valence-corrected chi connectivity index (χ2v) is 14.0. The second kappa shape index (κ2) is 12.6. The first kappa shape index (κ1) is 31.1. The number of benzene rings is 9. The van der Waals surface area contributed by atoms with Gasteiger partial charge in [-0.2, -0.15) is 0 Å². The Labute approximate surface area is 317 Å². The van der Waals surface area contributed by atoms with E-state index >= 15 is 0 Å². The Morgan fingerprint density at radius 1 is 0.309 bits per heavy atom. The van der Waals surface area contributed by atoms with Gasteiger partial charge < -0.3 is 4.42 Å². The fourth-order valence-electron chi connectivity index (χ4n) is 8.04. The summed E-state index contributed by atoms with van der Waals surface area (Å²) in [6.45, 7) is 0. The van der Waals surface area contributed by atoms with Gasteiger partial charge in [0.25, 0.3) is 0 Å². The molecule has 11 rings (SSSR count). The molecule has 4 nitrogen and oxygen atoms in total. The van der Waals surface area contributed by atoms with Gasteiger partial charge in [-0.1, -0.05) is 164 Å². The smallest absolute Gasteiger partial charge is 0.165 e. The zero-order valence-corrected chi connectivity index (χ0v) is 29.6. The minimum Gasteiger partial charge on any atom is -0.455 e. The standard InChI is InChI=1S/C51H31N3O/c1-3-13-32(14-4-1)36-24-25-38-30-39(27-26-37(38)29-36)45-41-19-9-10-20-42(41)47(46-43-21-11-12-22-44(43)55-48(45)46)51-53-49(34-16-5-2-6-17-34)52-50(54-51)40-28-23-33-15-7-8-18-35(33)31-40/h1-31H. The highest BCUT2D eigenvalue weighted by molar-refractivity contribution is 6.26. The van der Waals surface area contributed by atoms with Gasteiger partial charge in [0, 0.05) is 33.0 Å². The van der Waals surface area contributed by atoms with Crippen LogP contribution in [0.15, 0.2) is 192 Å². The van der Waals surface area contributed by atoms with Crippen LogP contribution < -0.4 is 0 Å². The van der Waals surface area contributed by atoms with Gasteiger partial charge in [0.05, 0.1) is 0 Å². The van der Waals surface area contributed by atoms with Crippen LogP contribution in [0.25, 0.3) is 111 Å². The molecule has 0 fully saturated rings. The number of rotatable bonds is 5. The molecule has 0 saturated carbocycles. The van der Waals surface area contributed by atoms with E-state index < -0.39 is 0 Å². The van der Waals surface area contributed by atoms with Crippen molar-refractivity contribution in [1.82, 2.24) is 15.0 Å². The Bertz CT molecular complexity index is 3260. The zero-order valence-electron chi connectivity index (χ0n) is 29.6. The van der Waals surface area contributed by atoms with E-state index in [2.05, 4.69) is 158 Å². The second-order valence-electron chi connectivity index (χ2n) is 14.0. The van der Waals surface area contributed by atoms with Crippen molar-refractivity contribution < 1.29 is 4.42 Å². The van der Waals surface area contributed by atoms with Crippen LogP contribution in [0.2, 0.25) is 0 Å². The average molecular weight is 702 g/mol. The van der Waals surface area contributed by atoms with Crippen LogP contribution in [0.1, 0.15) is 0 Å². The van der Waals surface area contributed by atoms with Gasteiger partial charge in [0.1, 0.15) is 11.2 Å². The molecule has 0 N–H and O–H groups in total. The summed E-state index contributed by atoms with van der Waals surface area (Å²) >= 11 is 0. The molecule has 256 valence electrons. The monoisotopic (exact) mass is 701 g/mol. The van der Waals surface area contributed by atoms with Gasteiger partial charge >= 0.3 is 0 Å². The average Bonchev–Trinajstić information content (AvgIpc) is 3.64. The number of nitrogens with zero attached hydrogens (tertiary/aromatic N) is 3. The van der Waals surface area contributed by atoms with Gasteiger partial charge in [0.15, 0.2) is 17.5 Å². The molecule has 0 atom stereocenters. The predicted molar refractivity (Wildman–Crippen MR) is 227 cm³/mol. The van der Waals surface area contributed by atoms with Crippen molar-refractivity contribution in [3.05, 3.63) is 188 Å². The Balaban J connectivity index is 1.19. The molecule has 11 aromatic rings. The molecular formula is C51H31N3O.